The standard InChI is InChI=1S/C13H7Cl2F3O/c14-9-3-1-2-8(12(9)15)7-4-5-11(10(16)6-7)19-13(17)18/h1-6,13H. The summed E-state index contributed by atoms with van der Waals surface area (Å²) in [5.74, 6) is -1.41. The Morgan fingerprint density at radius 3 is 2.42 bits per heavy atom. The predicted molar refractivity (Wildman–Crippen MR) is 68.5 cm³/mol. The molecule has 2 rings (SSSR count). The molecule has 0 radical (unpaired) electrons. The number of hydrogen-bond acceptors (Lipinski definition) is 1. The van der Waals surface area contributed by atoms with Crippen molar-refractivity contribution in [1.82, 2.24) is 0 Å². The predicted octanol–water partition coefficient (Wildman–Crippen LogP) is 5.40. The van der Waals surface area contributed by atoms with E-state index in [-0.39, 0.29) is 5.02 Å². The van der Waals surface area contributed by atoms with E-state index < -0.39 is 18.2 Å². The molecule has 0 unspecified atom stereocenters. The summed E-state index contributed by atoms with van der Waals surface area (Å²) in [5.41, 5.74) is 0.934. The highest BCUT2D eigenvalue weighted by molar-refractivity contribution is 6.43. The van der Waals surface area contributed by atoms with Gasteiger partial charge in [-0.25, -0.2) is 4.39 Å². The molecule has 1 nitrogen and oxygen atoms in total. The molecule has 100 valence electrons. The van der Waals surface area contributed by atoms with Gasteiger partial charge in [0.25, 0.3) is 0 Å². The summed E-state index contributed by atoms with van der Waals surface area (Å²) in [6.07, 6.45) is 0. The highest BCUT2D eigenvalue weighted by Gasteiger charge is 2.13. The molecule has 0 aliphatic heterocycles. The van der Waals surface area contributed by atoms with Crippen LogP contribution < -0.4 is 4.74 Å². The number of benzene rings is 2. The van der Waals surface area contributed by atoms with Crippen LogP contribution in [0.5, 0.6) is 5.75 Å². The highest BCUT2D eigenvalue weighted by atomic mass is 35.5. The third kappa shape index (κ3) is 3.14. The van der Waals surface area contributed by atoms with Crippen LogP contribution in [-0.2, 0) is 0 Å². The van der Waals surface area contributed by atoms with Gasteiger partial charge in [0.05, 0.1) is 10.0 Å². The van der Waals surface area contributed by atoms with Crippen molar-refractivity contribution in [3.8, 4) is 16.9 Å². The summed E-state index contributed by atoms with van der Waals surface area (Å²) in [5, 5.41) is 0.596. The lowest BCUT2D eigenvalue weighted by Gasteiger charge is -2.09. The first-order chi connectivity index (χ1) is 8.99. The average molecular weight is 307 g/mol. The van der Waals surface area contributed by atoms with E-state index in [1.165, 1.54) is 6.07 Å². The van der Waals surface area contributed by atoms with Gasteiger partial charge in [0, 0.05) is 5.56 Å². The largest absolute Gasteiger partial charge is 0.432 e. The molecular formula is C13H7Cl2F3O. The van der Waals surface area contributed by atoms with Gasteiger partial charge in [0.15, 0.2) is 11.6 Å². The van der Waals surface area contributed by atoms with Gasteiger partial charge in [0.1, 0.15) is 0 Å². The maximum absolute atomic E-state index is 13.6. The highest BCUT2D eigenvalue weighted by Crippen LogP contribution is 2.35. The van der Waals surface area contributed by atoms with Crippen LogP contribution in [0.15, 0.2) is 36.4 Å². The van der Waals surface area contributed by atoms with Gasteiger partial charge in [0.2, 0.25) is 0 Å². The van der Waals surface area contributed by atoms with E-state index >= 15 is 0 Å². The van der Waals surface area contributed by atoms with Crippen LogP contribution in [0, 0.1) is 5.82 Å². The molecule has 0 N–H and O–H groups in total. The molecule has 0 bridgehead atoms. The number of alkyl halides is 2. The summed E-state index contributed by atoms with van der Waals surface area (Å²) >= 11 is 11.9. The van der Waals surface area contributed by atoms with Crippen LogP contribution in [0.3, 0.4) is 0 Å². The molecule has 0 aromatic heterocycles. The monoisotopic (exact) mass is 306 g/mol. The SMILES string of the molecule is Fc1cc(-c2cccc(Cl)c2Cl)ccc1OC(F)F. The molecule has 0 saturated carbocycles. The first-order valence-electron chi connectivity index (χ1n) is 5.18. The maximum atomic E-state index is 13.6. The fourth-order valence-electron chi connectivity index (χ4n) is 1.59. The second-order valence-corrected chi connectivity index (χ2v) is 4.41. The molecule has 0 spiro atoms. The van der Waals surface area contributed by atoms with Crippen molar-refractivity contribution in [3.05, 3.63) is 52.3 Å². The van der Waals surface area contributed by atoms with Gasteiger partial charge < -0.3 is 4.74 Å². The van der Waals surface area contributed by atoms with Gasteiger partial charge in [-0.15, -0.1) is 0 Å². The minimum Gasteiger partial charge on any atom is -0.432 e. The molecule has 0 aliphatic rings. The number of ether oxygens (including phenoxy) is 1. The third-order valence-corrected chi connectivity index (χ3v) is 3.23. The Hall–Kier alpha value is -1.39. The van der Waals surface area contributed by atoms with E-state index in [1.807, 2.05) is 0 Å². The Balaban J connectivity index is 2.42. The van der Waals surface area contributed by atoms with Crippen LogP contribution in [0.4, 0.5) is 13.2 Å². The van der Waals surface area contributed by atoms with Crippen molar-refractivity contribution in [2.45, 2.75) is 6.61 Å². The quantitative estimate of drug-likeness (QED) is 0.737. The molecule has 2 aromatic rings. The van der Waals surface area contributed by atoms with Gasteiger partial charge in [-0.3, -0.25) is 0 Å². The Morgan fingerprint density at radius 1 is 1.05 bits per heavy atom. The Bertz CT molecular complexity index is 602. The van der Waals surface area contributed by atoms with Gasteiger partial charge in [-0.05, 0) is 23.8 Å². The second-order valence-electron chi connectivity index (χ2n) is 3.63. The average Bonchev–Trinajstić information content (AvgIpc) is 2.35. The third-order valence-electron chi connectivity index (χ3n) is 2.41. The number of halogens is 5. The van der Waals surface area contributed by atoms with Crippen LogP contribution in [0.2, 0.25) is 10.0 Å². The number of hydrogen-bond donors (Lipinski definition) is 0. The zero-order valence-corrected chi connectivity index (χ0v) is 10.9. The van der Waals surface area contributed by atoms with Crippen molar-refractivity contribution in [2.75, 3.05) is 0 Å². The van der Waals surface area contributed by atoms with Crippen molar-refractivity contribution in [3.63, 3.8) is 0 Å². The number of rotatable bonds is 3. The van der Waals surface area contributed by atoms with E-state index in [0.29, 0.717) is 16.1 Å². The van der Waals surface area contributed by atoms with E-state index in [4.69, 9.17) is 23.2 Å². The molecule has 0 amide bonds. The topological polar surface area (TPSA) is 9.23 Å². The fourth-order valence-corrected chi connectivity index (χ4v) is 2.00. The van der Waals surface area contributed by atoms with Crippen LogP contribution in [-0.4, -0.2) is 6.61 Å². The van der Waals surface area contributed by atoms with Gasteiger partial charge in [-0.2, -0.15) is 8.78 Å². The normalized spacial score (nSPS) is 10.8. The zero-order chi connectivity index (χ0) is 14.0. The molecule has 2 aromatic carbocycles. The first kappa shape index (κ1) is 14.0. The summed E-state index contributed by atoms with van der Waals surface area (Å²) < 4.78 is 41.6. The van der Waals surface area contributed by atoms with E-state index in [2.05, 4.69) is 4.74 Å². The van der Waals surface area contributed by atoms with Gasteiger partial charge >= 0.3 is 6.61 Å². The fraction of sp³-hybridized carbons (Fsp3) is 0.0769. The molecule has 0 heterocycles. The van der Waals surface area contributed by atoms with Crippen molar-refractivity contribution >= 4 is 23.2 Å². The van der Waals surface area contributed by atoms with Crippen molar-refractivity contribution < 1.29 is 17.9 Å². The zero-order valence-electron chi connectivity index (χ0n) is 9.34. The lowest BCUT2D eigenvalue weighted by molar-refractivity contribution is -0.0521. The minimum absolute atomic E-state index is 0.270. The maximum Gasteiger partial charge on any atom is 0.387 e. The molecule has 0 fully saturated rings. The Kier molecular flexibility index (Phi) is 4.22. The second kappa shape index (κ2) is 5.72. The van der Waals surface area contributed by atoms with Crippen LogP contribution >= 0.6 is 23.2 Å². The lowest BCUT2D eigenvalue weighted by atomic mass is 10.1. The molecule has 6 heteroatoms. The Labute approximate surface area is 117 Å². The van der Waals surface area contributed by atoms with E-state index in [1.54, 1.807) is 18.2 Å². The smallest absolute Gasteiger partial charge is 0.387 e. The lowest BCUT2D eigenvalue weighted by Crippen LogP contribution is -2.03. The molecular weight excluding hydrogens is 300 g/mol. The van der Waals surface area contributed by atoms with E-state index in [9.17, 15) is 13.2 Å². The summed E-state index contributed by atoms with van der Waals surface area (Å²) in [6.45, 7) is -3.07. The van der Waals surface area contributed by atoms with Crippen molar-refractivity contribution in [1.29, 1.82) is 0 Å². The van der Waals surface area contributed by atoms with Gasteiger partial charge in [-0.1, -0.05) is 41.4 Å². The summed E-state index contributed by atoms with van der Waals surface area (Å²) in [4.78, 5) is 0. The molecule has 0 aliphatic carbocycles. The van der Waals surface area contributed by atoms with Crippen LogP contribution in [0.1, 0.15) is 0 Å². The van der Waals surface area contributed by atoms with E-state index in [0.717, 1.165) is 12.1 Å². The molecule has 0 saturated heterocycles. The summed E-state index contributed by atoms with van der Waals surface area (Å²) in [7, 11) is 0. The minimum atomic E-state index is -3.07. The molecule has 19 heavy (non-hydrogen) atoms. The summed E-state index contributed by atoms with van der Waals surface area (Å²) in [6, 6.07) is 8.52. The van der Waals surface area contributed by atoms with Crippen molar-refractivity contribution in [2.24, 2.45) is 0 Å². The Morgan fingerprint density at radius 2 is 1.79 bits per heavy atom. The van der Waals surface area contributed by atoms with Crippen LogP contribution in [0.25, 0.3) is 11.1 Å². The molecule has 0 atom stereocenters. The first-order valence-corrected chi connectivity index (χ1v) is 5.93.